The summed E-state index contributed by atoms with van der Waals surface area (Å²) in [4.78, 5) is 11.9. The molecule has 0 bridgehead atoms. The fraction of sp³-hybridized carbons (Fsp3) is 0.0769. The first-order valence-corrected chi connectivity index (χ1v) is 5.95. The van der Waals surface area contributed by atoms with Gasteiger partial charge in [-0.15, -0.1) is 0 Å². The average Bonchev–Trinajstić information content (AvgIpc) is 2.81. The van der Waals surface area contributed by atoms with Crippen molar-refractivity contribution >= 4 is 22.6 Å². The molecule has 1 aromatic carbocycles. The Labute approximate surface area is 109 Å². The molecule has 0 fully saturated rings. The Morgan fingerprint density at radius 1 is 1.22 bits per heavy atom. The molecular formula is C13H11ClN4. The second-order valence-corrected chi connectivity index (χ2v) is 4.42. The van der Waals surface area contributed by atoms with Crippen molar-refractivity contribution in [1.82, 2.24) is 15.0 Å². The molecule has 0 atom stereocenters. The topological polar surface area (TPSA) is 67.6 Å². The van der Waals surface area contributed by atoms with Crippen LogP contribution in [0.15, 0.2) is 36.5 Å². The molecule has 3 rings (SSSR count). The zero-order chi connectivity index (χ0) is 12.5. The van der Waals surface area contributed by atoms with Crippen LogP contribution in [0.4, 0.5) is 0 Å². The first kappa shape index (κ1) is 11.2. The van der Waals surface area contributed by atoms with Gasteiger partial charge in [-0.3, -0.25) is 4.98 Å². The zero-order valence-electron chi connectivity index (χ0n) is 9.52. The van der Waals surface area contributed by atoms with Crippen LogP contribution in [-0.4, -0.2) is 15.0 Å². The Hall–Kier alpha value is -1.91. The normalized spacial score (nSPS) is 11.0. The third-order valence-corrected chi connectivity index (χ3v) is 2.98. The fourth-order valence-electron chi connectivity index (χ4n) is 1.86. The minimum Gasteiger partial charge on any atom is -0.338 e. The molecule has 2 aromatic heterocycles. The number of rotatable bonds is 2. The first-order valence-electron chi connectivity index (χ1n) is 5.57. The predicted molar refractivity (Wildman–Crippen MR) is 72.2 cm³/mol. The van der Waals surface area contributed by atoms with Gasteiger partial charge in [0.1, 0.15) is 5.82 Å². The van der Waals surface area contributed by atoms with Crippen molar-refractivity contribution in [2.45, 2.75) is 6.54 Å². The van der Waals surface area contributed by atoms with E-state index in [9.17, 15) is 0 Å². The lowest BCUT2D eigenvalue weighted by atomic mass is 10.2. The van der Waals surface area contributed by atoms with Crippen molar-refractivity contribution in [2.75, 3.05) is 0 Å². The SMILES string of the molecule is NCc1cc(-c2nc3ccc(Cl)cc3[nH]2)ccn1. The predicted octanol–water partition coefficient (Wildman–Crippen LogP) is 2.74. The number of nitrogens with one attached hydrogen (secondary N) is 1. The van der Waals surface area contributed by atoms with Crippen LogP contribution in [0.3, 0.4) is 0 Å². The van der Waals surface area contributed by atoms with Crippen LogP contribution in [0, 0.1) is 0 Å². The summed E-state index contributed by atoms with van der Waals surface area (Å²) >= 11 is 5.95. The largest absolute Gasteiger partial charge is 0.338 e. The van der Waals surface area contributed by atoms with Crippen molar-refractivity contribution in [3.63, 3.8) is 0 Å². The number of aromatic amines is 1. The molecule has 0 saturated carbocycles. The van der Waals surface area contributed by atoms with Crippen molar-refractivity contribution in [1.29, 1.82) is 0 Å². The van der Waals surface area contributed by atoms with Gasteiger partial charge in [0.25, 0.3) is 0 Å². The van der Waals surface area contributed by atoms with E-state index in [1.807, 2.05) is 30.3 Å². The summed E-state index contributed by atoms with van der Waals surface area (Å²) in [5, 5.41) is 0.690. The number of imidazole rings is 1. The number of nitrogens with two attached hydrogens (primary N) is 1. The van der Waals surface area contributed by atoms with Gasteiger partial charge < -0.3 is 10.7 Å². The summed E-state index contributed by atoms with van der Waals surface area (Å²) in [6, 6.07) is 9.41. The third kappa shape index (κ3) is 1.96. The number of hydrogen-bond donors (Lipinski definition) is 2. The van der Waals surface area contributed by atoms with Crippen molar-refractivity contribution in [3.05, 3.63) is 47.2 Å². The Morgan fingerprint density at radius 3 is 2.94 bits per heavy atom. The van der Waals surface area contributed by atoms with Crippen LogP contribution >= 0.6 is 11.6 Å². The highest BCUT2D eigenvalue weighted by Gasteiger charge is 2.06. The number of pyridine rings is 1. The standard InChI is InChI=1S/C13H11ClN4/c14-9-1-2-11-12(6-9)18-13(17-11)8-3-4-16-10(5-8)7-15/h1-6H,7,15H2,(H,17,18). The Morgan fingerprint density at radius 2 is 2.11 bits per heavy atom. The second kappa shape index (κ2) is 4.40. The molecule has 3 aromatic rings. The Bertz CT molecular complexity index is 705. The number of aromatic nitrogens is 3. The molecule has 18 heavy (non-hydrogen) atoms. The molecule has 4 nitrogen and oxygen atoms in total. The molecule has 0 spiro atoms. The van der Waals surface area contributed by atoms with Crippen LogP contribution in [0.1, 0.15) is 5.69 Å². The highest BCUT2D eigenvalue weighted by atomic mass is 35.5. The van der Waals surface area contributed by atoms with Crippen LogP contribution in [-0.2, 0) is 6.54 Å². The molecular weight excluding hydrogens is 248 g/mol. The maximum absolute atomic E-state index is 5.95. The highest BCUT2D eigenvalue weighted by Crippen LogP contribution is 2.22. The summed E-state index contributed by atoms with van der Waals surface area (Å²) in [5.41, 5.74) is 9.20. The highest BCUT2D eigenvalue weighted by molar-refractivity contribution is 6.31. The van der Waals surface area contributed by atoms with E-state index < -0.39 is 0 Å². The van der Waals surface area contributed by atoms with Gasteiger partial charge in [0.2, 0.25) is 0 Å². The minimum absolute atomic E-state index is 0.417. The molecule has 0 unspecified atom stereocenters. The van der Waals surface area contributed by atoms with Gasteiger partial charge in [0, 0.05) is 23.3 Å². The van der Waals surface area contributed by atoms with E-state index in [1.165, 1.54) is 0 Å². The van der Waals surface area contributed by atoms with E-state index >= 15 is 0 Å². The monoisotopic (exact) mass is 258 g/mol. The smallest absolute Gasteiger partial charge is 0.138 e. The summed E-state index contributed by atoms with van der Waals surface area (Å²) in [6.07, 6.45) is 1.73. The molecule has 0 amide bonds. The molecule has 5 heteroatoms. The number of halogens is 1. The Kier molecular flexibility index (Phi) is 2.74. The first-order chi connectivity index (χ1) is 8.76. The Balaban J connectivity index is 2.13. The van der Waals surface area contributed by atoms with Gasteiger partial charge in [-0.25, -0.2) is 4.98 Å². The molecule has 3 N–H and O–H groups in total. The van der Waals surface area contributed by atoms with Gasteiger partial charge in [-0.1, -0.05) is 11.6 Å². The lowest BCUT2D eigenvalue weighted by molar-refractivity contribution is 0.990. The van der Waals surface area contributed by atoms with E-state index in [2.05, 4.69) is 15.0 Å². The molecule has 0 aliphatic heterocycles. The van der Waals surface area contributed by atoms with Gasteiger partial charge in [-0.2, -0.15) is 0 Å². The van der Waals surface area contributed by atoms with Crippen LogP contribution in [0.25, 0.3) is 22.4 Å². The van der Waals surface area contributed by atoms with Crippen LogP contribution < -0.4 is 5.73 Å². The van der Waals surface area contributed by atoms with E-state index in [1.54, 1.807) is 6.20 Å². The quantitative estimate of drug-likeness (QED) is 0.743. The van der Waals surface area contributed by atoms with E-state index in [0.29, 0.717) is 11.6 Å². The van der Waals surface area contributed by atoms with Crippen molar-refractivity contribution in [2.24, 2.45) is 5.73 Å². The summed E-state index contributed by atoms with van der Waals surface area (Å²) in [6.45, 7) is 0.417. The number of H-pyrrole nitrogens is 1. The molecule has 2 heterocycles. The lowest BCUT2D eigenvalue weighted by Crippen LogP contribution is -1.99. The maximum Gasteiger partial charge on any atom is 0.138 e. The third-order valence-electron chi connectivity index (χ3n) is 2.74. The summed E-state index contributed by atoms with van der Waals surface area (Å²) in [7, 11) is 0. The van der Waals surface area contributed by atoms with Crippen LogP contribution in [0.5, 0.6) is 0 Å². The van der Waals surface area contributed by atoms with Gasteiger partial charge >= 0.3 is 0 Å². The molecule has 90 valence electrons. The number of fused-ring (bicyclic) bond motifs is 1. The van der Waals surface area contributed by atoms with E-state index in [-0.39, 0.29) is 0 Å². The molecule has 0 aliphatic rings. The maximum atomic E-state index is 5.95. The molecule has 0 radical (unpaired) electrons. The number of hydrogen-bond acceptors (Lipinski definition) is 3. The van der Waals surface area contributed by atoms with E-state index in [4.69, 9.17) is 17.3 Å². The van der Waals surface area contributed by atoms with Gasteiger partial charge in [0.15, 0.2) is 0 Å². The van der Waals surface area contributed by atoms with Gasteiger partial charge in [-0.05, 0) is 30.3 Å². The number of nitrogens with zero attached hydrogens (tertiary/aromatic N) is 2. The second-order valence-electron chi connectivity index (χ2n) is 3.99. The zero-order valence-corrected chi connectivity index (χ0v) is 10.3. The fourth-order valence-corrected chi connectivity index (χ4v) is 2.03. The lowest BCUT2D eigenvalue weighted by Gasteiger charge is -1.99. The molecule has 0 saturated heterocycles. The van der Waals surface area contributed by atoms with E-state index in [0.717, 1.165) is 28.1 Å². The van der Waals surface area contributed by atoms with Crippen LogP contribution in [0.2, 0.25) is 5.02 Å². The van der Waals surface area contributed by atoms with Gasteiger partial charge in [0.05, 0.1) is 16.7 Å². The average molecular weight is 259 g/mol. The van der Waals surface area contributed by atoms with Crippen molar-refractivity contribution in [3.8, 4) is 11.4 Å². The summed E-state index contributed by atoms with van der Waals surface area (Å²) in [5.74, 6) is 0.796. The number of benzene rings is 1. The minimum atomic E-state index is 0.417. The molecule has 0 aliphatic carbocycles. The summed E-state index contributed by atoms with van der Waals surface area (Å²) < 4.78 is 0. The van der Waals surface area contributed by atoms with Crippen molar-refractivity contribution < 1.29 is 0 Å².